The number of aryl methyl sites for hydroxylation is 1. The standard InChI is InChI=1S/C9H11N5/c1-7-8(5-10)6-14(13-7)9-11-3-2-4-12-9/h2-4,6H,5,10H2,1H3. The topological polar surface area (TPSA) is 69.6 Å². The summed E-state index contributed by atoms with van der Waals surface area (Å²) >= 11 is 0. The van der Waals surface area contributed by atoms with Gasteiger partial charge in [0.15, 0.2) is 0 Å². The lowest BCUT2D eigenvalue weighted by molar-refractivity contribution is 0.796. The maximum Gasteiger partial charge on any atom is 0.250 e. The van der Waals surface area contributed by atoms with Crippen LogP contribution < -0.4 is 5.73 Å². The van der Waals surface area contributed by atoms with Crippen molar-refractivity contribution >= 4 is 0 Å². The van der Waals surface area contributed by atoms with Gasteiger partial charge in [-0.05, 0) is 13.0 Å². The van der Waals surface area contributed by atoms with Crippen molar-refractivity contribution in [2.45, 2.75) is 13.5 Å². The molecular weight excluding hydrogens is 178 g/mol. The van der Waals surface area contributed by atoms with Crippen molar-refractivity contribution in [1.82, 2.24) is 19.7 Å². The van der Waals surface area contributed by atoms with Gasteiger partial charge in [-0.1, -0.05) is 0 Å². The highest BCUT2D eigenvalue weighted by Gasteiger charge is 2.05. The van der Waals surface area contributed by atoms with Gasteiger partial charge in [0.1, 0.15) is 0 Å². The normalized spacial score (nSPS) is 10.4. The summed E-state index contributed by atoms with van der Waals surface area (Å²) < 4.78 is 1.64. The van der Waals surface area contributed by atoms with Gasteiger partial charge in [0, 0.05) is 30.7 Å². The van der Waals surface area contributed by atoms with E-state index in [1.165, 1.54) is 0 Å². The summed E-state index contributed by atoms with van der Waals surface area (Å²) in [6.07, 6.45) is 5.22. The van der Waals surface area contributed by atoms with Crippen molar-refractivity contribution in [3.05, 3.63) is 35.9 Å². The Balaban J connectivity index is 2.43. The van der Waals surface area contributed by atoms with Crippen LogP contribution in [-0.2, 0) is 6.54 Å². The lowest BCUT2D eigenvalue weighted by Gasteiger charge is -1.95. The van der Waals surface area contributed by atoms with Gasteiger partial charge in [0.25, 0.3) is 0 Å². The number of nitrogens with two attached hydrogens (primary N) is 1. The fourth-order valence-corrected chi connectivity index (χ4v) is 1.21. The van der Waals surface area contributed by atoms with Crippen molar-refractivity contribution in [1.29, 1.82) is 0 Å². The molecule has 2 heterocycles. The number of nitrogens with zero attached hydrogens (tertiary/aromatic N) is 4. The minimum atomic E-state index is 0.485. The molecule has 0 aliphatic heterocycles. The first-order valence-corrected chi connectivity index (χ1v) is 4.34. The molecule has 0 saturated heterocycles. The van der Waals surface area contributed by atoms with Gasteiger partial charge in [0.2, 0.25) is 5.95 Å². The Morgan fingerprint density at radius 1 is 1.36 bits per heavy atom. The quantitative estimate of drug-likeness (QED) is 0.743. The Kier molecular flexibility index (Phi) is 2.24. The molecule has 2 aromatic rings. The molecule has 0 amide bonds. The zero-order valence-corrected chi connectivity index (χ0v) is 7.88. The number of rotatable bonds is 2. The van der Waals surface area contributed by atoms with Crippen molar-refractivity contribution in [2.75, 3.05) is 0 Å². The Bertz CT molecular complexity index is 420. The first-order chi connectivity index (χ1) is 6.81. The summed E-state index contributed by atoms with van der Waals surface area (Å²) in [5.41, 5.74) is 7.48. The molecule has 0 radical (unpaired) electrons. The first-order valence-electron chi connectivity index (χ1n) is 4.34. The average Bonchev–Trinajstić information content (AvgIpc) is 2.61. The molecule has 14 heavy (non-hydrogen) atoms. The average molecular weight is 189 g/mol. The van der Waals surface area contributed by atoms with Crippen molar-refractivity contribution in [3.8, 4) is 5.95 Å². The maximum atomic E-state index is 5.55. The second-order valence-electron chi connectivity index (χ2n) is 2.94. The highest BCUT2D eigenvalue weighted by atomic mass is 15.3. The van der Waals surface area contributed by atoms with Crippen LogP contribution in [0.1, 0.15) is 11.3 Å². The van der Waals surface area contributed by atoms with Gasteiger partial charge in [-0.3, -0.25) is 0 Å². The van der Waals surface area contributed by atoms with E-state index >= 15 is 0 Å². The smallest absolute Gasteiger partial charge is 0.250 e. The van der Waals surface area contributed by atoms with Gasteiger partial charge >= 0.3 is 0 Å². The summed E-state index contributed by atoms with van der Waals surface area (Å²) in [4.78, 5) is 8.17. The van der Waals surface area contributed by atoms with Crippen molar-refractivity contribution in [2.24, 2.45) is 5.73 Å². The van der Waals surface area contributed by atoms with Crippen LogP contribution in [0.3, 0.4) is 0 Å². The van der Waals surface area contributed by atoms with Crippen LogP contribution in [0.4, 0.5) is 0 Å². The summed E-state index contributed by atoms with van der Waals surface area (Å²) in [7, 11) is 0. The monoisotopic (exact) mass is 189 g/mol. The zero-order chi connectivity index (χ0) is 9.97. The molecule has 72 valence electrons. The Labute approximate surface area is 81.6 Å². The van der Waals surface area contributed by atoms with E-state index in [2.05, 4.69) is 15.1 Å². The summed E-state index contributed by atoms with van der Waals surface area (Å²) in [6, 6.07) is 1.77. The molecule has 0 saturated carbocycles. The molecule has 0 aliphatic rings. The highest BCUT2D eigenvalue weighted by Crippen LogP contribution is 2.06. The SMILES string of the molecule is Cc1nn(-c2ncccn2)cc1CN. The molecule has 0 aromatic carbocycles. The minimum Gasteiger partial charge on any atom is -0.326 e. The van der Waals surface area contributed by atoms with E-state index in [0.29, 0.717) is 12.5 Å². The molecule has 2 aromatic heterocycles. The molecule has 2 N–H and O–H groups in total. The maximum absolute atomic E-state index is 5.55. The Hall–Kier alpha value is -1.75. The number of hydrogen-bond donors (Lipinski definition) is 1. The Morgan fingerprint density at radius 2 is 2.07 bits per heavy atom. The predicted molar refractivity (Wildman–Crippen MR) is 51.8 cm³/mol. The van der Waals surface area contributed by atoms with E-state index in [-0.39, 0.29) is 0 Å². The largest absolute Gasteiger partial charge is 0.326 e. The van der Waals surface area contributed by atoms with Crippen LogP contribution in [0, 0.1) is 6.92 Å². The van der Waals surface area contributed by atoms with E-state index < -0.39 is 0 Å². The molecule has 5 nitrogen and oxygen atoms in total. The lowest BCUT2D eigenvalue weighted by atomic mass is 10.3. The van der Waals surface area contributed by atoms with E-state index in [0.717, 1.165) is 11.3 Å². The Morgan fingerprint density at radius 3 is 2.64 bits per heavy atom. The summed E-state index contributed by atoms with van der Waals surface area (Å²) in [6.45, 7) is 2.40. The lowest BCUT2D eigenvalue weighted by Crippen LogP contribution is -2.00. The van der Waals surface area contributed by atoms with Crippen LogP contribution in [0.25, 0.3) is 5.95 Å². The van der Waals surface area contributed by atoms with Crippen LogP contribution in [0.15, 0.2) is 24.7 Å². The molecule has 0 aliphatic carbocycles. The van der Waals surface area contributed by atoms with Gasteiger partial charge in [-0.15, -0.1) is 0 Å². The van der Waals surface area contributed by atoms with E-state index in [1.54, 1.807) is 23.1 Å². The fraction of sp³-hybridized carbons (Fsp3) is 0.222. The number of hydrogen-bond acceptors (Lipinski definition) is 4. The van der Waals surface area contributed by atoms with Crippen molar-refractivity contribution in [3.63, 3.8) is 0 Å². The highest BCUT2D eigenvalue weighted by molar-refractivity contribution is 5.20. The third-order valence-electron chi connectivity index (χ3n) is 1.98. The molecule has 0 fully saturated rings. The summed E-state index contributed by atoms with van der Waals surface area (Å²) in [5.74, 6) is 0.565. The van der Waals surface area contributed by atoms with Gasteiger partial charge in [0.05, 0.1) is 5.69 Å². The zero-order valence-electron chi connectivity index (χ0n) is 7.88. The second-order valence-corrected chi connectivity index (χ2v) is 2.94. The molecule has 5 heteroatoms. The third kappa shape index (κ3) is 1.49. The van der Waals surface area contributed by atoms with Gasteiger partial charge in [-0.2, -0.15) is 5.10 Å². The molecule has 0 bridgehead atoms. The second kappa shape index (κ2) is 3.55. The summed E-state index contributed by atoms with van der Waals surface area (Å²) in [5, 5.41) is 4.26. The van der Waals surface area contributed by atoms with Crippen LogP contribution >= 0.6 is 0 Å². The molecule has 0 spiro atoms. The third-order valence-corrected chi connectivity index (χ3v) is 1.98. The van der Waals surface area contributed by atoms with Gasteiger partial charge < -0.3 is 5.73 Å². The molecular formula is C9H11N5. The first kappa shape index (κ1) is 8.83. The van der Waals surface area contributed by atoms with Gasteiger partial charge in [-0.25, -0.2) is 14.6 Å². The minimum absolute atomic E-state index is 0.485. The number of aromatic nitrogens is 4. The van der Waals surface area contributed by atoms with E-state index in [4.69, 9.17) is 5.73 Å². The fourth-order valence-electron chi connectivity index (χ4n) is 1.21. The molecule has 0 atom stereocenters. The predicted octanol–water partition coefficient (Wildman–Crippen LogP) is 0.429. The van der Waals surface area contributed by atoms with Crippen LogP contribution in [0.5, 0.6) is 0 Å². The van der Waals surface area contributed by atoms with E-state index in [9.17, 15) is 0 Å². The van der Waals surface area contributed by atoms with Crippen molar-refractivity contribution < 1.29 is 0 Å². The molecule has 0 unspecified atom stereocenters. The van der Waals surface area contributed by atoms with Crippen LogP contribution in [-0.4, -0.2) is 19.7 Å². The molecule has 2 rings (SSSR count). The van der Waals surface area contributed by atoms with Crippen LogP contribution in [0.2, 0.25) is 0 Å². The van der Waals surface area contributed by atoms with E-state index in [1.807, 2.05) is 13.1 Å².